The summed E-state index contributed by atoms with van der Waals surface area (Å²) in [7, 11) is 0. The van der Waals surface area contributed by atoms with Crippen molar-refractivity contribution in [3.63, 3.8) is 0 Å². The molecule has 2 aromatic rings. The molecule has 5 heteroatoms. The van der Waals surface area contributed by atoms with Gasteiger partial charge in [0.2, 0.25) is 0 Å². The Morgan fingerprint density at radius 3 is 2.64 bits per heavy atom. The van der Waals surface area contributed by atoms with Gasteiger partial charge in [-0.3, -0.25) is 0 Å². The summed E-state index contributed by atoms with van der Waals surface area (Å²) >= 11 is 1.92. The van der Waals surface area contributed by atoms with E-state index in [0.29, 0.717) is 5.92 Å². The highest BCUT2D eigenvalue weighted by Crippen LogP contribution is 2.40. The fourth-order valence-corrected chi connectivity index (χ4v) is 4.78. The number of thiophene rings is 1. The number of piperazine rings is 1. The minimum Gasteiger partial charge on any atom is -0.353 e. The van der Waals surface area contributed by atoms with Crippen molar-refractivity contribution in [2.45, 2.75) is 45.4 Å². The van der Waals surface area contributed by atoms with E-state index in [0.717, 1.165) is 32.0 Å². The van der Waals surface area contributed by atoms with Crippen LogP contribution in [-0.4, -0.2) is 36.1 Å². The lowest BCUT2D eigenvalue weighted by Gasteiger charge is -2.29. The first-order valence-electron chi connectivity index (χ1n) is 8.52. The fourth-order valence-electron chi connectivity index (χ4n) is 3.52. The summed E-state index contributed by atoms with van der Waals surface area (Å²) in [4.78, 5) is 15.1. The van der Waals surface area contributed by atoms with Crippen LogP contribution in [0.4, 0.5) is 5.82 Å². The van der Waals surface area contributed by atoms with Gasteiger partial charge >= 0.3 is 0 Å². The quantitative estimate of drug-likeness (QED) is 0.924. The molecule has 2 aromatic heterocycles. The molecule has 1 aliphatic carbocycles. The second-order valence-corrected chi connectivity index (χ2v) is 7.77. The normalized spacial score (nSPS) is 19.0. The first-order chi connectivity index (χ1) is 10.7. The van der Waals surface area contributed by atoms with Gasteiger partial charge in [-0.25, -0.2) is 9.97 Å². The van der Waals surface area contributed by atoms with Gasteiger partial charge in [-0.1, -0.05) is 13.8 Å². The lowest BCUT2D eigenvalue weighted by Crippen LogP contribution is -2.44. The molecule has 1 fully saturated rings. The van der Waals surface area contributed by atoms with E-state index in [2.05, 4.69) is 24.1 Å². The van der Waals surface area contributed by atoms with E-state index in [1.165, 1.54) is 41.7 Å². The van der Waals surface area contributed by atoms with Crippen LogP contribution in [0.25, 0.3) is 10.2 Å². The molecule has 0 aromatic carbocycles. The number of anilines is 1. The van der Waals surface area contributed by atoms with Gasteiger partial charge in [0.25, 0.3) is 0 Å². The van der Waals surface area contributed by atoms with Crippen LogP contribution in [0.2, 0.25) is 0 Å². The second-order valence-electron chi connectivity index (χ2n) is 6.69. The summed E-state index contributed by atoms with van der Waals surface area (Å²) < 4.78 is 0. The Balaban J connectivity index is 1.91. The van der Waals surface area contributed by atoms with Crippen LogP contribution in [0.1, 0.15) is 48.9 Å². The maximum absolute atomic E-state index is 5.00. The zero-order valence-electron chi connectivity index (χ0n) is 13.5. The molecule has 4 nitrogen and oxygen atoms in total. The van der Waals surface area contributed by atoms with Crippen molar-refractivity contribution in [3.8, 4) is 0 Å². The monoisotopic (exact) mass is 316 g/mol. The average Bonchev–Trinajstić information content (AvgIpc) is 2.93. The number of rotatable bonds is 2. The Labute approximate surface area is 136 Å². The third kappa shape index (κ3) is 2.40. The topological polar surface area (TPSA) is 41.1 Å². The van der Waals surface area contributed by atoms with Crippen molar-refractivity contribution in [1.29, 1.82) is 0 Å². The number of aromatic nitrogens is 2. The highest BCUT2D eigenvalue weighted by Gasteiger charge is 2.24. The van der Waals surface area contributed by atoms with E-state index in [1.807, 2.05) is 11.3 Å². The van der Waals surface area contributed by atoms with Crippen molar-refractivity contribution in [1.82, 2.24) is 15.3 Å². The fraction of sp³-hybridized carbons (Fsp3) is 0.647. The second kappa shape index (κ2) is 5.78. The summed E-state index contributed by atoms with van der Waals surface area (Å²) in [5.41, 5.74) is 1.55. The molecule has 0 bridgehead atoms. The zero-order chi connectivity index (χ0) is 15.1. The summed E-state index contributed by atoms with van der Waals surface area (Å²) in [6.07, 6.45) is 5.08. The largest absolute Gasteiger partial charge is 0.353 e. The lowest BCUT2D eigenvalue weighted by atomic mass is 9.96. The van der Waals surface area contributed by atoms with E-state index in [1.54, 1.807) is 10.4 Å². The SMILES string of the molecule is CC(C)c1nc(N2CCNCC2)c2c3c(sc2n1)CCCC3. The molecule has 1 saturated heterocycles. The molecule has 0 radical (unpaired) electrons. The molecule has 0 unspecified atom stereocenters. The molecule has 0 spiro atoms. The number of aryl methyl sites for hydroxylation is 2. The molecule has 4 rings (SSSR count). The first-order valence-corrected chi connectivity index (χ1v) is 9.33. The molecular formula is C17H24N4S. The Kier molecular flexibility index (Phi) is 3.78. The van der Waals surface area contributed by atoms with E-state index < -0.39 is 0 Å². The van der Waals surface area contributed by atoms with Gasteiger partial charge in [-0.2, -0.15) is 0 Å². The number of hydrogen-bond donors (Lipinski definition) is 1. The highest BCUT2D eigenvalue weighted by molar-refractivity contribution is 7.19. The number of hydrogen-bond acceptors (Lipinski definition) is 5. The van der Waals surface area contributed by atoms with Gasteiger partial charge in [0, 0.05) is 37.0 Å². The molecule has 2 aliphatic rings. The van der Waals surface area contributed by atoms with Gasteiger partial charge in [0.05, 0.1) is 5.39 Å². The van der Waals surface area contributed by atoms with Crippen LogP contribution >= 0.6 is 11.3 Å². The average molecular weight is 316 g/mol. The van der Waals surface area contributed by atoms with Gasteiger partial charge in [-0.15, -0.1) is 11.3 Å². The molecule has 22 heavy (non-hydrogen) atoms. The summed E-state index contributed by atoms with van der Waals surface area (Å²) in [5, 5.41) is 4.81. The van der Waals surface area contributed by atoms with Crippen LogP contribution in [0, 0.1) is 0 Å². The predicted octanol–water partition coefficient (Wildman–Crippen LogP) is 3.10. The van der Waals surface area contributed by atoms with Crippen molar-refractivity contribution >= 4 is 27.4 Å². The molecule has 1 N–H and O–H groups in total. The third-order valence-corrected chi connectivity index (χ3v) is 5.93. The summed E-state index contributed by atoms with van der Waals surface area (Å²) in [6.45, 7) is 8.58. The highest BCUT2D eigenvalue weighted by atomic mass is 32.1. The van der Waals surface area contributed by atoms with Crippen LogP contribution < -0.4 is 10.2 Å². The predicted molar refractivity (Wildman–Crippen MR) is 93.2 cm³/mol. The Bertz CT molecular complexity index is 686. The van der Waals surface area contributed by atoms with Crippen molar-refractivity contribution in [2.75, 3.05) is 31.1 Å². The minimum absolute atomic E-state index is 0.380. The van der Waals surface area contributed by atoms with Crippen molar-refractivity contribution in [2.24, 2.45) is 0 Å². The van der Waals surface area contributed by atoms with E-state index in [4.69, 9.17) is 9.97 Å². The lowest BCUT2D eigenvalue weighted by molar-refractivity contribution is 0.584. The molecule has 3 heterocycles. The number of nitrogens with zero attached hydrogens (tertiary/aromatic N) is 3. The molecule has 118 valence electrons. The minimum atomic E-state index is 0.380. The van der Waals surface area contributed by atoms with E-state index in [-0.39, 0.29) is 0 Å². The molecule has 0 saturated carbocycles. The van der Waals surface area contributed by atoms with Crippen molar-refractivity contribution in [3.05, 3.63) is 16.3 Å². The van der Waals surface area contributed by atoms with E-state index in [9.17, 15) is 0 Å². The summed E-state index contributed by atoms with van der Waals surface area (Å²) in [5.74, 6) is 2.58. The number of nitrogens with one attached hydrogen (secondary N) is 1. The molecular weight excluding hydrogens is 292 g/mol. The van der Waals surface area contributed by atoms with Crippen LogP contribution in [0.3, 0.4) is 0 Å². The molecule has 1 aliphatic heterocycles. The number of fused-ring (bicyclic) bond motifs is 3. The van der Waals surface area contributed by atoms with Gasteiger partial charge in [-0.05, 0) is 31.2 Å². The maximum atomic E-state index is 5.00. The van der Waals surface area contributed by atoms with Crippen LogP contribution in [0.5, 0.6) is 0 Å². The van der Waals surface area contributed by atoms with Crippen LogP contribution in [-0.2, 0) is 12.8 Å². The Morgan fingerprint density at radius 2 is 1.86 bits per heavy atom. The summed E-state index contributed by atoms with van der Waals surface area (Å²) in [6, 6.07) is 0. The van der Waals surface area contributed by atoms with E-state index >= 15 is 0 Å². The van der Waals surface area contributed by atoms with Gasteiger partial charge in [0.1, 0.15) is 16.5 Å². The van der Waals surface area contributed by atoms with Crippen LogP contribution in [0.15, 0.2) is 0 Å². The maximum Gasteiger partial charge on any atom is 0.141 e. The standard InChI is InChI=1S/C17H24N4S/c1-11(2)15-19-16(21-9-7-18-8-10-21)14-12-5-3-4-6-13(12)22-17(14)20-15/h11,18H,3-10H2,1-2H3. The molecule has 0 amide bonds. The van der Waals surface area contributed by atoms with Gasteiger partial charge in [0.15, 0.2) is 0 Å². The molecule has 0 atom stereocenters. The zero-order valence-corrected chi connectivity index (χ0v) is 14.3. The Hall–Kier alpha value is -1.20. The Morgan fingerprint density at radius 1 is 1.09 bits per heavy atom. The van der Waals surface area contributed by atoms with Crippen molar-refractivity contribution < 1.29 is 0 Å². The third-order valence-electron chi connectivity index (χ3n) is 4.75. The first kappa shape index (κ1) is 14.4. The smallest absolute Gasteiger partial charge is 0.141 e. The van der Waals surface area contributed by atoms with Gasteiger partial charge < -0.3 is 10.2 Å².